The molecule has 0 radical (unpaired) electrons. The van der Waals surface area contributed by atoms with E-state index in [9.17, 15) is 9.59 Å². The number of nitrogens with one attached hydrogen (secondary N) is 1. The number of carbonyl (C=O) groups is 2. The van der Waals surface area contributed by atoms with Gasteiger partial charge in [0.1, 0.15) is 11.6 Å². The second-order valence-corrected chi connectivity index (χ2v) is 9.48. The van der Waals surface area contributed by atoms with E-state index in [4.69, 9.17) is 4.74 Å². The summed E-state index contributed by atoms with van der Waals surface area (Å²) in [5, 5.41) is 7.46. The third-order valence-electron chi connectivity index (χ3n) is 5.49. The summed E-state index contributed by atoms with van der Waals surface area (Å²) < 4.78 is 7.30. The molecule has 0 saturated carbocycles. The van der Waals surface area contributed by atoms with Crippen molar-refractivity contribution in [3.05, 3.63) is 83.2 Å². The maximum absolute atomic E-state index is 13.5. The highest BCUT2D eigenvalue weighted by atomic mass is 16.6. The van der Waals surface area contributed by atoms with Crippen LogP contribution >= 0.6 is 0 Å². The number of rotatable bonds is 7. The van der Waals surface area contributed by atoms with Crippen molar-refractivity contribution >= 4 is 12.0 Å². The largest absolute Gasteiger partial charge is 0.444 e. The Labute approximate surface area is 201 Å². The monoisotopic (exact) mass is 462 g/mol. The Bertz CT molecular complexity index is 1120. The summed E-state index contributed by atoms with van der Waals surface area (Å²) in [7, 11) is 1.75. The smallest absolute Gasteiger partial charge is 0.408 e. The zero-order valence-electron chi connectivity index (χ0n) is 20.8. The lowest BCUT2D eigenvalue weighted by atomic mass is 10.0. The number of carbonyl (C=O) groups excluding carboxylic acids is 2. The van der Waals surface area contributed by atoms with E-state index in [1.807, 2.05) is 79.2 Å². The van der Waals surface area contributed by atoms with Crippen LogP contribution in [-0.4, -0.2) is 45.4 Å². The third kappa shape index (κ3) is 6.47. The van der Waals surface area contributed by atoms with Gasteiger partial charge < -0.3 is 15.0 Å². The number of benzene rings is 2. The first-order chi connectivity index (χ1) is 16.0. The van der Waals surface area contributed by atoms with E-state index in [1.165, 1.54) is 0 Å². The van der Waals surface area contributed by atoms with Crippen LogP contribution in [0.5, 0.6) is 0 Å². The topological polar surface area (TPSA) is 76.5 Å². The molecule has 0 bridgehead atoms. The number of likely N-dealkylation sites (N-methyl/N-ethyl adjacent to an activating group) is 1. The van der Waals surface area contributed by atoms with E-state index in [-0.39, 0.29) is 5.91 Å². The molecule has 0 aliphatic rings. The fraction of sp³-hybridized carbons (Fsp3) is 0.370. The molecular weight excluding hydrogens is 428 g/mol. The average Bonchev–Trinajstić information content (AvgIpc) is 3.06. The van der Waals surface area contributed by atoms with Crippen molar-refractivity contribution < 1.29 is 14.3 Å². The molecule has 1 heterocycles. The Kier molecular flexibility index (Phi) is 7.76. The molecule has 1 atom stereocenters. The molecule has 7 heteroatoms. The second-order valence-electron chi connectivity index (χ2n) is 9.48. The van der Waals surface area contributed by atoms with Crippen molar-refractivity contribution in [3.63, 3.8) is 0 Å². The normalized spacial score (nSPS) is 12.2. The van der Waals surface area contributed by atoms with Gasteiger partial charge in [-0.05, 0) is 52.3 Å². The predicted molar refractivity (Wildman–Crippen MR) is 133 cm³/mol. The van der Waals surface area contributed by atoms with Crippen LogP contribution in [-0.2, 0) is 22.5 Å². The molecule has 7 nitrogen and oxygen atoms in total. The van der Waals surface area contributed by atoms with Crippen LogP contribution in [0.3, 0.4) is 0 Å². The van der Waals surface area contributed by atoms with Crippen LogP contribution < -0.4 is 5.32 Å². The summed E-state index contributed by atoms with van der Waals surface area (Å²) in [5.74, 6) is -0.194. The van der Waals surface area contributed by atoms with Crippen molar-refractivity contribution in [3.8, 4) is 5.69 Å². The molecular formula is C27H34N4O3. The van der Waals surface area contributed by atoms with E-state index in [2.05, 4.69) is 10.4 Å². The van der Waals surface area contributed by atoms with Crippen molar-refractivity contribution in [2.24, 2.45) is 0 Å². The minimum atomic E-state index is -0.757. The van der Waals surface area contributed by atoms with Gasteiger partial charge in [-0.1, -0.05) is 48.5 Å². The van der Waals surface area contributed by atoms with Crippen LogP contribution in [0.1, 0.15) is 43.3 Å². The van der Waals surface area contributed by atoms with E-state index in [0.29, 0.717) is 13.0 Å². The van der Waals surface area contributed by atoms with Gasteiger partial charge in [-0.2, -0.15) is 5.10 Å². The highest BCUT2D eigenvalue weighted by Crippen LogP contribution is 2.20. The molecule has 0 aliphatic carbocycles. The molecule has 34 heavy (non-hydrogen) atoms. The summed E-state index contributed by atoms with van der Waals surface area (Å²) in [6, 6.07) is 18.8. The summed E-state index contributed by atoms with van der Waals surface area (Å²) in [5.41, 5.74) is 4.09. The van der Waals surface area contributed by atoms with Gasteiger partial charge in [0.25, 0.3) is 0 Å². The van der Waals surface area contributed by atoms with Gasteiger partial charge in [-0.25, -0.2) is 9.48 Å². The predicted octanol–water partition coefficient (Wildman–Crippen LogP) is 4.58. The molecule has 180 valence electrons. The van der Waals surface area contributed by atoms with Crippen LogP contribution in [0.15, 0.2) is 60.7 Å². The Morgan fingerprint density at radius 3 is 2.21 bits per heavy atom. The fourth-order valence-electron chi connectivity index (χ4n) is 3.81. The highest BCUT2D eigenvalue weighted by Gasteiger charge is 2.28. The molecule has 1 aromatic heterocycles. The standard InChI is InChI=1S/C27H34N4O3/c1-19-23(20(2)31(29-19)22-15-11-8-12-16-22)18-30(6)25(32)24(17-21-13-9-7-10-14-21)28-26(33)34-27(3,4)5/h7-16,24H,17-18H2,1-6H3,(H,28,33). The highest BCUT2D eigenvalue weighted by molar-refractivity contribution is 5.86. The molecule has 2 aromatic carbocycles. The van der Waals surface area contributed by atoms with Crippen molar-refractivity contribution in [1.29, 1.82) is 0 Å². The van der Waals surface area contributed by atoms with Gasteiger partial charge in [-0.3, -0.25) is 4.79 Å². The molecule has 3 rings (SSSR count). The van der Waals surface area contributed by atoms with E-state index >= 15 is 0 Å². The van der Waals surface area contributed by atoms with Crippen LogP contribution in [0.25, 0.3) is 5.69 Å². The number of aryl methyl sites for hydroxylation is 1. The lowest BCUT2D eigenvalue weighted by Gasteiger charge is -2.27. The summed E-state index contributed by atoms with van der Waals surface area (Å²) in [4.78, 5) is 27.6. The summed E-state index contributed by atoms with van der Waals surface area (Å²) in [6.45, 7) is 9.71. The van der Waals surface area contributed by atoms with Gasteiger partial charge in [0.15, 0.2) is 0 Å². The SMILES string of the molecule is Cc1nn(-c2ccccc2)c(C)c1CN(C)C(=O)C(Cc1ccccc1)NC(=O)OC(C)(C)C. The molecule has 0 aliphatic heterocycles. The Morgan fingerprint density at radius 1 is 1.03 bits per heavy atom. The lowest BCUT2D eigenvalue weighted by Crippen LogP contribution is -2.49. The number of alkyl carbamates (subject to hydrolysis) is 1. The van der Waals surface area contributed by atoms with Gasteiger partial charge >= 0.3 is 6.09 Å². The zero-order chi connectivity index (χ0) is 24.9. The minimum Gasteiger partial charge on any atom is -0.444 e. The number of aromatic nitrogens is 2. The van der Waals surface area contributed by atoms with E-state index in [1.54, 1.807) is 32.7 Å². The lowest BCUT2D eigenvalue weighted by molar-refractivity contribution is -0.132. The van der Waals surface area contributed by atoms with E-state index < -0.39 is 17.7 Å². The molecule has 1 N–H and O–H groups in total. The molecule has 0 spiro atoms. The van der Waals surface area contributed by atoms with Gasteiger partial charge in [0.2, 0.25) is 5.91 Å². The van der Waals surface area contributed by atoms with Crippen molar-refractivity contribution in [2.75, 3.05) is 7.05 Å². The van der Waals surface area contributed by atoms with Crippen molar-refractivity contribution in [1.82, 2.24) is 20.0 Å². The molecule has 1 unspecified atom stereocenters. The van der Waals surface area contributed by atoms with Crippen LogP contribution in [0, 0.1) is 13.8 Å². The minimum absolute atomic E-state index is 0.194. The average molecular weight is 463 g/mol. The third-order valence-corrected chi connectivity index (χ3v) is 5.49. The molecule has 0 saturated heterocycles. The van der Waals surface area contributed by atoms with Crippen LogP contribution in [0.4, 0.5) is 4.79 Å². The fourth-order valence-corrected chi connectivity index (χ4v) is 3.81. The Balaban J connectivity index is 1.80. The van der Waals surface area contributed by atoms with Crippen LogP contribution in [0.2, 0.25) is 0 Å². The number of hydrogen-bond donors (Lipinski definition) is 1. The number of nitrogens with zero attached hydrogens (tertiary/aromatic N) is 3. The van der Waals surface area contributed by atoms with Gasteiger partial charge in [0.05, 0.1) is 11.4 Å². The first-order valence-corrected chi connectivity index (χ1v) is 11.4. The molecule has 3 aromatic rings. The number of ether oxygens (including phenoxy) is 1. The molecule has 2 amide bonds. The summed E-state index contributed by atoms with van der Waals surface area (Å²) >= 11 is 0. The number of amides is 2. The zero-order valence-corrected chi connectivity index (χ0v) is 20.8. The maximum atomic E-state index is 13.5. The number of para-hydroxylation sites is 1. The Morgan fingerprint density at radius 2 is 1.62 bits per heavy atom. The van der Waals surface area contributed by atoms with E-state index in [0.717, 1.165) is 28.2 Å². The quantitative estimate of drug-likeness (QED) is 0.557. The van der Waals surface area contributed by atoms with Gasteiger partial charge in [-0.15, -0.1) is 0 Å². The maximum Gasteiger partial charge on any atom is 0.408 e. The number of hydrogen-bond acceptors (Lipinski definition) is 4. The summed E-state index contributed by atoms with van der Waals surface area (Å²) in [6.07, 6.45) is -0.246. The first kappa shape index (κ1) is 25.0. The Hall–Kier alpha value is -3.61. The van der Waals surface area contributed by atoms with Gasteiger partial charge in [0, 0.05) is 31.3 Å². The second kappa shape index (κ2) is 10.5. The van der Waals surface area contributed by atoms with Crippen molar-refractivity contribution in [2.45, 2.75) is 59.2 Å². The first-order valence-electron chi connectivity index (χ1n) is 11.4. The molecule has 0 fully saturated rings.